The van der Waals surface area contributed by atoms with Crippen LogP contribution in [-0.4, -0.2) is 12.1 Å². The quantitative estimate of drug-likeness (QED) is 0.540. The van der Waals surface area contributed by atoms with E-state index in [2.05, 4.69) is 10.5 Å². The summed E-state index contributed by atoms with van der Waals surface area (Å²) in [4.78, 5) is 13.5. The Morgan fingerprint density at radius 3 is 2.79 bits per heavy atom. The van der Waals surface area contributed by atoms with Gasteiger partial charge in [-0.1, -0.05) is 30.3 Å². The number of hydrogen-bond acceptors (Lipinski definition) is 4. The molecule has 3 rings (SSSR count). The van der Waals surface area contributed by atoms with Gasteiger partial charge in [-0.25, -0.2) is 5.43 Å². The average Bonchev–Trinajstić information content (AvgIpc) is 3.24. The molecule has 0 aliphatic heterocycles. The van der Waals surface area contributed by atoms with Gasteiger partial charge in [0.2, 0.25) is 0 Å². The number of carbonyl (C=O) groups is 1. The highest BCUT2D eigenvalue weighted by atomic mass is 32.1. The molecule has 0 atom stereocenters. The van der Waals surface area contributed by atoms with E-state index in [1.54, 1.807) is 29.8 Å². The van der Waals surface area contributed by atoms with Crippen LogP contribution in [-0.2, 0) is 0 Å². The first-order valence-electron chi connectivity index (χ1n) is 7.43. The van der Waals surface area contributed by atoms with Crippen LogP contribution in [0.3, 0.4) is 0 Å². The summed E-state index contributed by atoms with van der Waals surface area (Å²) in [7, 11) is 0. The molecule has 3 aromatic rings. The number of nitrogens with one attached hydrogen (secondary N) is 1. The van der Waals surface area contributed by atoms with Crippen LogP contribution >= 0.6 is 11.3 Å². The molecule has 5 heteroatoms. The summed E-state index contributed by atoms with van der Waals surface area (Å²) < 4.78 is 5.16. The van der Waals surface area contributed by atoms with E-state index in [-0.39, 0.29) is 5.91 Å². The Balaban J connectivity index is 1.70. The Hall–Kier alpha value is -2.92. The third-order valence-corrected chi connectivity index (χ3v) is 4.32. The molecule has 2 aromatic heterocycles. The molecule has 0 aliphatic carbocycles. The van der Waals surface area contributed by atoms with E-state index in [1.165, 1.54) is 6.21 Å². The number of hydrazone groups is 1. The van der Waals surface area contributed by atoms with Gasteiger partial charge in [0, 0.05) is 22.0 Å². The van der Waals surface area contributed by atoms with Gasteiger partial charge >= 0.3 is 0 Å². The molecule has 2 heterocycles. The number of furan rings is 1. The molecule has 0 radical (unpaired) electrons. The molecular weight excluding hydrogens is 320 g/mol. The third kappa shape index (κ3) is 3.70. The normalized spacial score (nSPS) is 11.4. The van der Waals surface area contributed by atoms with E-state index in [4.69, 9.17) is 4.42 Å². The molecule has 0 spiro atoms. The number of amides is 1. The zero-order chi connectivity index (χ0) is 16.8. The van der Waals surface area contributed by atoms with Gasteiger partial charge in [0.15, 0.2) is 0 Å². The van der Waals surface area contributed by atoms with Gasteiger partial charge < -0.3 is 4.42 Å². The number of benzene rings is 1. The monoisotopic (exact) mass is 336 g/mol. The molecule has 1 aromatic carbocycles. The van der Waals surface area contributed by atoms with E-state index >= 15 is 0 Å². The van der Waals surface area contributed by atoms with Gasteiger partial charge in [-0.3, -0.25) is 4.79 Å². The Labute approximate surface area is 144 Å². The number of nitrogens with zero attached hydrogens (tertiary/aromatic N) is 1. The van der Waals surface area contributed by atoms with Gasteiger partial charge in [-0.05, 0) is 36.8 Å². The van der Waals surface area contributed by atoms with Crippen molar-refractivity contribution in [3.63, 3.8) is 0 Å². The second-order valence-corrected chi connectivity index (χ2v) is 6.12. The Bertz CT molecular complexity index is 862. The lowest BCUT2D eigenvalue weighted by atomic mass is 10.0. The summed E-state index contributed by atoms with van der Waals surface area (Å²) in [6.07, 6.45) is 6.58. The summed E-state index contributed by atoms with van der Waals surface area (Å²) >= 11 is 1.56. The van der Waals surface area contributed by atoms with Crippen LogP contribution in [0, 0.1) is 6.92 Å². The molecule has 0 bridgehead atoms. The number of rotatable bonds is 5. The topological polar surface area (TPSA) is 54.6 Å². The van der Waals surface area contributed by atoms with E-state index in [1.807, 2.05) is 54.8 Å². The second kappa shape index (κ2) is 7.57. The number of carbonyl (C=O) groups excluding carboxylic acids is 1. The number of aryl methyl sites for hydroxylation is 1. The molecular formula is C19H16N2O2S. The van der Waals surface area contributed by atoms with Crippen LogP contribution < -0.4 is 5.43 Å². The predicted octanol–water partition coefficient (Wildman–Crippen LogP) is 4.75. The van der Waals surface area contributed by atoms with Crippen molar-refractivity contribution in [1.29, 1.82) is 0 Å². The Kier molecular flexibility index (Phi) is 5.03. The van der Waals surface area contributed by atoms with Crippen molar-refractivity contribution in [3.05, 3.63) is 76.4 Å². The minimum Gasteiger partial charge on any atom is -0.465 e. The van der Waals surface area contributed by atoms with E-state index < -0.39 is 0 Å². The fraction of sp³-hybridized carbons (Fsp3) is 0.0526. The molecule has 120 valence electrons. The highest BCUT2D eigenvalue weighted by molar-refractivity contribution is 7.10. The van der Waals surface area contributed by atoms with Crippen LogP contribution in [0.4, 0.5) is 0 Å². The van der Waals surface area contributed by atoms with Gasteiger partial charge in [-0.2, -0.15) is 5.10 Å². The van der Waals surface area contributed by atoms with Crippen molar-refractivity contribution >= 4 is 29.5 Å². The fourth-order valence-electron chi connectivity index (χ4n) is 2.31. The fourth-order valence-corrected chi connectivity index (χ4v) is 3.17. The summed E-state index contributed by atoms with van der Waals surface area (Å²) in [5, 5.41) is 5.81. The van der Waals surface area contributed by atoms with E-state index in [0.29, 0.717) is 5.56 Å². The number of hydrogen-bond donors (Lipinski definition) is 1. The van der Waals surface area contributed by atoms with Crippen molar-refractivity contribution in [2.45, 2.75) is 6.92 Å². The molecule has 0 unspecified atom stereocenters. The maximum atomic E-state index is 12.4. The van der Waals surface area contributed by atoms with E-state index in [0.717, 1.165) is 21.8 Å². The van der Waals surface area contributed by atoms with Gasteiger partial charge in [0.05, 0.1) is 11.8 Å². The molecule has 0 fully saturated rings. The number of thiophene rings is 1. The Morgan fingerprint density at radius 2 is 2.04 bits per heavy atom. The summed E-state index contributed by atoms with van der Waals surface area (Å²) in [5.74, 6) is 0.508. The van der Waals surface area contributed by atoms with Crippen molar-refractivity contribution < 1.29 is 9.21 Å². The molecule has 1 amide bonds. The van der Waals surface area contributed by atoms with Crippen LogP contribution in [0.1, 0.15) is 21.0 Å². The number of allylic oxidation sites excluding steroid dienone is 1. The van der Waals surface area contributed by atoms with Crippen molar-refractivity contribution in [3.8, 4) is 11.1 Å². The molecule has 0 saturated carbocycles. The maximum absolute atomic E-state index is 12.4. The third-order valence-electron chi connectivity index (χ3n) is 3.41. The van der Waals surface area contributed by atoms with Crippen molar-refractivity contribution in [2.24, 2.45) is 5.10 Å². The molecule has 0 aliphatic rings. The van der Waals surface area contributed by atoms with Crippen LogP contribution in [0.25, 0.3) is 17.2 Å². The highest BCUT2D eigenvalue weighted by Crippen LogP contribution is 2.32. The second-order valence-electron chi connectivity index (χ2n) is 5.04. The van der Waals surface area contributed by atoms with Crippen molar-refractivity contribution in [2.75, 3.05) is 0 Å². The molecule has 24 heavy (non-hydrogen) atoms. The summed E-state index contributed by atoms with van der Waals surface area (Å²) in [5.41, 5.74) is 5.18. The Morgan fingerprint density at radius 1 is 1.21 bits per heavy atom. The first-order valence-corrected chi connectivity index (χ1v) is 8.31. The highest BCUT2D eigenvalue weighted by Gasteiger charge is 2.16. The zero-order valence-corrected chi connectivity index (χ0v) is 13.9. The van der Waals surface area contributed by atoms with Gasteiger partial charge in [0.1, 0.15) is 5.76 Å². The lowest BCUT2D eigenvalue weighted by Gasteiger charge is -2.04. The molecule has 0 saturated heterocycles. The first kappa shape index (κ1) is 16.0. The largest absolute Gasteiger partial charge is 0.465 e. The minimum atomic E-state index is -0.221. The zero-order valence-electron chi connectivity index (χ0n) is 13.1. The summed E-state index contributed by atoms with van der Waals surface area (Å²) in [6, 6.07) is 13.5. The van der Waals surface area contributed by atoms with Gasteiger partial charge in [-0.15, -0.1) is 11.3 Å². The van der Waals surface area contributed by atoms with Gasteiger partial charge in [0.25, 0.3) is 5.91 Å². The van der Waals surface area contributed by atoms with Crippen LogP contribution in [0.5, 0.6) is 0 Å². The predicted molar refractivity (Wildman–Crippen MR) is 98.2 cm³/mol. The molecule has 1 N–H and O–H groups in total. The van der Waals surface area contributed by atoms with E-state index in [9.17, 15) is 4.79 Å². The lowest BCUT2D eigenvalue weighted by Crippen LogP contribution is -2.17. The van der Waals surface area contributed by atoms with Crippen molar-refractivity contribution in [1.82, 2.24) is 5.43 Å². The minimum absolute atomic E-state index is 0.221. The average molecular weight is 336 g/mol. The first-order chi connectivity index (χ1) is 11.8. The van der Waals surface area contributed by atoms with Crippen LogP contribution in [0.15, 0.2) is 69.7 Å². The maximum Gasteiger partial charge on any atom is 0.272 e. The standard InChI is InChI=1S/C19H16N2O2S/c1-14-18(15-7-3-2-4-8-15)17(13-24-14)19(22)21-20-11-5-9-16-10-6-12-23-16/h2-13H,1H3,(H,21,22)/b9-5+,20-11+. The SMILES string of the molecule is Cc1scc(C(=O)N/N=C/C=C/c2ccco2)c1-c1ccccc1. The smallest absolute Gasteiger partial charge is 0.272 e. The lowest BCUT2D eigenvalue weighted by molar-refractivity contribution is 0.0956. The van der Waals surface area contributed by atoms with Crippen LogP contribution in [0.2, 0.25) is 0 Å². The summed E-state index contributed by atoms with van der Waals surface area (Å²) in [6.45, 7) is 2.01. The molecule has 4 nitrogen and oxygen atoms in total.